The summed E-state index contributed by atoms with van der Waals surface area (Å²) in [4.78, 5) is 0. The van der Waals surface area contributed by atoms with Crippen LogP contribution in [0.3, 0.4) is 0 Å². The Hall–Kier alpha value is -3.76. The van der Waals surface area contributed by atoms with Crippen molar-refractivity contribution in [3.63, 3.8) is 0 Å². The summed E-state index contributed by atoms with van der Waals surface area (Å²) in [6, 6.07) is 11.8. The van der Waals surface area contributed by atoms with Crippen molar-refractivity contribution in [2.24, 2.45) is 14.1 Å². The fraction of sp³-hybridized carbons (Fsp3) is 0.231. The van der Waals surface area contributed by atoms with Crippen molar-refractivity contribution >= 4 is 0 Å². The molecule has 1 aromatic carbocycles. The molecule has 30 heavy (non-hydrogen) atoms. The summed E-state index contributed by atoms with van der Waals surface area (Å²) in [6.45, 7) is 5.01. The van der Waals surface area contributed by atoms with Crippen LogP contribution >= 0.6 is 0 Å². The van der Waals surface area contributed by atoms with Gasteiger partial charge < -0.3 is 9.47 Å². The lowest BCUT2D eigenvalue weighted by Gasteiger charge is -2.11. The Labute approximate surface area is 178 Å². The molecule has 0 aliphatic carbocycles. The molecule has 0 bridgehead atoms. The molecular formula is C26H26N2O2+2. The second kappa shape index (κ2) is 10.1. The quantitative estimate of drug-likeness (QED) is 0.499. The minimum Gasteiger partial charge on any atom is -0.493 e. The van der Waals surface area contributed by atoms with Gasteiger partial charge in [-0.05, 0) is 13.8 Å². The molecule has 0 unspecified atom stereocenters. The van der Waals surface area contributed by atoms with Crippen molar-refractivity contribution < 1.29 is 18.6 Å². The number of nitrogens with zero attached hydrogens (tertiary/aromatic N) is 2. The summed E-state index contributed by atoms with van der Waals surface area (Å²) < 4.78 is 15.7. The van der Waals surface area contributed by atoms with E-state index < -0.39 is 0 Å². The van der Waals surface area contributed by atoms with Crippen LogP contribution in [0.4, 0.5) is 0 Å². The molecule has 0 N–H and O–H groups in total. The van der Waals surface area contributed by atoms with Crippen LogP contribution in [-0.4, -0.2) is 13.2 Å². The second-order valence-corrected chi connectivity index (χ2v) is 6.72. The van der Waals surface area contributed by atoms with Gasteiger partial charge in [-0.15, -0.1) is 0 Å². The molecule has 0 aliphatic heterocycles. The van der Waals surface area contributed by atoms with Gasteiger partial charge in [-0.3, -0.25) is 0 Å². The summed E-state index contributed by atoms with van der Waals surface area (Å²) in [5, 5.41) is 0. The Morgan fingerprint density at radius 1 is 0.633 bits per heavy atom. The molecule has 3 rings (SSSR count). The number of rotatable bonds is 4. The van der Waals surface area contributed by atoms with E-state index in [4.69, 9.17) is 9.47 Å². The van der Waals surface area contributed by atoms with Crippen LogP contribution in [0.15, 0.2) is 61.2 Å². The van der Waals surface area contributed by atoms with Crippen LogP contribution in [0.2, 0.25) is 0 Å². The Balaban J connectivity index is 2.01. The van der Waals surface area contributed by atoms with Gasteiger partial charge in [-0.25, -0.2) is 9.13 Å². The first-order valence-corrected chi connectivity index (χ1v) is 9.97. The third-order valence-corrected chi connectivity index (χ3v) is 4.32. The topological polar surface area (TPSA) is 26.2 Å². The van der Waals surface area contributed by atoms with Crippen LogP contribution < -0.4 is 18.6 Å². The molecule has 0 aliphatic rings. The molecule has 3 aromatic rings. The summed E-state index contributed by atoms with van der Waals surface area (Å²) in [6.07, 6.45) is 7.89. The van der Waals surface area contributed by atoms with Crippen molar-refractivity contribution in [2.45, 2.75) is 13.8 Å². The molecule has 4 heteroatoms. The molecule has 0 fully saturated rings. The van der Waals surface area contributed by atoms with Gasteiger partial charge in [0.2, 0.25) is 0 Å². The van der Waals surface area contributed by atoms with E-state index in [-0.39, 0.29) is 0 Å². The molecule has 0 atom stereocenters. The first-order chi connectivity index (χ1) is 14.6. The van der Waals surface area contributed by atoms with Gasteiger partial charge in [0.1, 0.15) is 25.6 Å². The maximum Gasteiger partial charge on any atom is 0.169 e. The van der Waals surface area contributed by atoms with Gasteiger partial charge in [0.25, 0.3) is 0 Å². The number of ether oxygens (including phenoxy) is 2. The predicted octanol–water partition coefficient (Wildman–Crippen LogP) is 2.93. The lowest BCUT2D eigenvalue weighted by Crippen LogP contribution is -2.25. The maximum atomic E-state index is 5.85. The van der Waals surface area contributed by atoms with Crippen LogP contribution in [0, 0.1) is 23.7 Å². The van der Waals surface area contributed by atoms with Gasteiger partial charge in [0, 0.05) is 47.5 Å². The molecule has 150 valence electrons. The van der Waals surface area contributed by atoms with Crippen LogP contribution in [0.1, 0.15) is 36.1 Å². The number of aromatic nitrogens is 2. The normalized spacial score (nSPS) is 9.73. The summed E-state index contributed by atoms with van der Waals surface area (Å²) in [5.74, 6) is 14.3. The zero-order valence-corrected chi connectivity index (χ0v) is 17.9. The molecule has 0 saturated carbocycles. The van der Waals surface area contributed by atoms with E-state index in [1.165, 1.54) is 0 Å². The Bertz CT molecular complexity index is 1030. The zero-order chi connectivity index (χ0) is 21.3. The standard InChI is InChI=1S/C26H26N2O2/c1-5-29-25-19-24(10-8-22-13-17-28(4)18-14-22)26(30-6-2)20-23(25)9-7-21-11-15-27(3)16-12-21/h11-20H,5-6H2,1-4H3/q+2. The van der Waals surface area contributed by atoms with E-state index >= 15 is 0 Å². The monoisotopic (exact) mass is 398 g/mol. The van der Waals surface area contributed by atoms with Gasteiger partial charge in [-0.2, -0.15) is 0 Å². The fourth-order valence-electron chi connectivity index (χ4n) is 2.75. The SMILES string of the molecule is CCOc1cc(C#Cc2cc[n+](C)cc2)c(OCC)cc1C#Cc1cc[n+](C)cc1. The average molecular weight is 399 g/mol. The summed E-state index contributed by atoms with van der Waals surface area (Å²) in [5.41, 5.74) is 3.45. The van der Waals surface area contributed by atoms with E-state index in [1.807, 2.05) is 98.3 Å². The van der Waals surface area contributed by atoms with Crippen molar-refractivity contribution in [2.75, 3.05) is 13.2 Å². The Kier molecular flexibility index (Phi) is 7.09. The van der Waals surface area contributed by atoms with Gasteiger partial charge >= 0.3 is 0 Å². The highest BCUT2D eigenvalue weighted by Crippen LogP contribution is 2.28. The summed E-state index contributed by atoms with van der Waals surface area (Å²) >= 11 is 0. The first kappa shape index (κ1) is 21.0. The van der Waals surface area contributed by atoms with E-state index in [2.05, 4.69) is 23.7 Å². The highest BCUT2D eigenvalue weighted by Gasteiger charge is 2.10. The minimum atomic E-state index is 0.548. The number of pyridine rings is 2. The number of hydrogen-bond acceptors (Lipinski definition) is 2. The predicted molar refractivity (Wildman–Crippen MR) is 116 cm³/mol. The number of hydrogen-bond donors (Lipinski definition) is 0. The van der Waals surface area contributed by atoms with E-state index in [0.717, 1.165) is 22.3 Å². The molecule has 2 aromatic heterocycles. The maximum absolute atomic E-state index is 5.85. The molecule has 0 saturated heterocycles. The van der Waals surface area contributed by atoms with Crippen LogP contribution in [-0.2, 0) is 14.1 Å². The molecule has 0 amide bonds. The van der Waals surface area contributed by atoms with E-state index in [0.29, 0.717) is 24.7 Å². The van der Waals surface area contributed by atoms with Crippen molar-refractivity contribution in [1.82, 2.24) is 0 Å². The van der Waals surface area contributed by atoms with Crippen LogP contribution in [0.25, 0.3) is 0 Å². The smallest absolute Gasteiger partial charge is 0.169 e. The zero-order valence-electron chi connectivity index (χ0n) is 17.9. The molecule has 0 spiro atoms. The lowest BCUT2D eigenvalue weighted by molar-refractivity contribution is -0.671. The van der Waals surface area contributed by atoms with Crippen molar-refractivity contribution in [1.29, 1.82) is 0 Å². The Morgan fingerprint density at radius 2 is 1.00 bits per heavy atom. The lowest BCUT2D eigenvalue weighted by atomic mass is 10.1. The largest absolute Gasteiger partial charge is 0.493 e. The molecular weight excluding hydrogens is 372 g/mol. The summed E-state index contributed by atoms with van der Waals surface area (Å²) in [7, 11) is 3.96. The average Bonchev–Trinajstić information content (AvgIpc) is 2.75. The third kappa shape index (κ3) is 5.63. The number of aryl methyl sites for hydroxylation is 2. The highest BCUT2D eigenvalue weighted by molar-refractivity contribution is 5.60. The van der Waals surface area contributed by atoms with E-state index in [1.54, 1.807) is 0 Å². The highest BCUT2D eigenvalue weighted by atomic mass is 16.5. The van der Waals surface area contributed by atoms with Crippen molar-refractivity contribution in [3.05, 3.63) is 83.4 Å². The third-order valence-electron chi connectivity index (χ3n) is 4.32. The van der Waals surface area contributed by atoms with Crippen LogP contribution in [0.5, 0.6) is 11.5 Å². The molecule has 4 nitrogen and oxygen atoms in total. The van der Waals surface area contributed by atoms with Gasteiger partial charge in [0.15, 0.2) is 24.8 Å². The molecule has 2 heterocycles. The Morgan fingerprint density at radius 3 is 1.33 bits per heavy atom. The second-order valence-electron chi connectivity index (χ2n) is 6.72. The first-order valence-electron chi connectivity index (χ1n) is 9.97. The number of benzene rings is 1. The van der Waals surface area contributed by atoms with Gasteiger partial charge in [-0.1, -0.05) is 23.7 Å². The van der Waals surface area contributed by atoms with E-state index in [9.17, 15) is 0 Å². The van der Waals surface area contributed by atoms with Crippen molar-refractivity contribution in [3.8, 4) is 35.2 Å². The van der Waals surface area contributed by atoms with Gasteiger partial charge in [0.05, 0.1) is 24.3 Å². The fourth-order valence-corrected chi connectivity index (χ4v) is 2.75. The minimum absolute atomic E-state index is 0.548. The molecule has 0 radical (unpaired) electrons.